The van der Waals surface area contributed by atoms with Crippen molar-refractivity contribution >= 4 is 22.1 Å². The molecule has 0 aliphatic rings. The van der Waals surface area contributed by atoms with E-state index in [9.17, 15) is 5.26 Å². The number of benzene rings is 3. The van der Waals surface area contributed by atoms with Gasteiger partial charge in [-0.1, -0.05) is 36.4 Å². The Bertz CT molecular complexity index is 813. The van der Waals surface area contributed by atoms with E-state index in [1.165, 1.54) is 10.8 Å². The minimum atomic E-state index is 0.665. The fourth-order valence-corrected chi connectivity index (χ4v) is 2.28. The maximum atomic E-state index is 9.20. The van der Waals surface area contributed by atoms with E-state index < -0.39 is 0 Å². The van der Waals surface area contributed by atoms with Gasteiger partial charge in [0.15, 0.2) is 0 Å². The molecule has 0 bridgehead atoms. The van der Waals surface area contributed by atoms with E-state index in [1.54, 1.807) is 0 Å². The van der Waals surface area contributed by atoms with Crippen molar-refractivity contribution in [2.75, 3.05) is 5.32 Å². The van der Waals surface area contributed by atoms with Crippen LogP contribution in [0.25, 0.3) is 10.8 Å². The second-order valence-electron chi connectivity index (χ2n) is 4.85. The van der Waals surface area contributed by atoms with Crippen LogP contribution < -0.4 is 5.32 Å². The highest BCUT2D eigenvalue weighted by molar-refractivity contribution is 5.86. The minimum Gasteiger partial charge on any atom is -0.354 e. The van der Waals surface area contributed by atoms with Crippen LogP contribution in [0.5, 0.6) is 0 Å². The summed E-state index contributed by atoms with van der Waals surface area (Å²) in [5.41, 5.74) is 3.58. The molecule has 2 nitrogen and oxygen atoms in total. The highest BCUT2D eigenvalue weighted by Crippen LogP contribution is 2.24. The molecule has 96 valence electrons. The lowest BCUT2D eigenvalue weighted by molar-refractivity contribution is 1.41. The topological polar surface area (TPSA) is 35.8 Å². The lowest BCUT2D eigenvalue weighted by Gasteiger charge is -2.10. The largest absolute Gasteiger partial charge is 0.354 e. The van der Waals surface area contributed by atoms with Crippen molar-refractivity contribution in [1.82, 2.24) is 0 Å². The van der Waals surface area contributed by atoms with Crippen molar-refractivity contribution in [2.24, 2.45) is 0 Å². The highest BCUT2D eigenvalue weighted by Gasteiger charge is 2.03. The first kappa shape index (κ1) is 12.3. The average Bonchev–Trinajstić information content (AvgIpc) is 2.49. The molecule has 3 rings (SSSR count). The molecule has 20 heavy (non-hydrogen) atoms. The standard InChI is InChI=1S/C18H14N2/c1-13-6-9-18(16(10-13)12-19)20-17-8-7-14-4-2-3-5-15(14)11-17/h2-11,20H,1H3. The monoisotopic (exact) mass is 258 g/mol. The van der Waals surface area contributed by atoms with Crippen LogP contribution in [-0.4, -0.2) is 0 Å². The molecule has 0 unspecified atom stereocenters. The Hall–Kier alpha value is -2.79. The number of nitriles is 1. The number of nitrogens with one attached hydrogen (secondary N) is 1. The van der Waals surface area contributed by atoms with E-state index >= 15 is 0 Å². The first-order chi connectivity index (χ1) is 9.76. The van der Waals surface area contributed by atoms with E-state index in [1.807, 2.05) is 43.3 Å². The molecule has 2 heteroatoms. The van der Waals surface area contributed by atoms with E-state index in [2.05, 4.69) is 35.7 Å². The summed E-state index contributed by atoms with van der Waals surface area (Å²) < 4.78 is 0. The fraction of sp³-hybridized carbons (Fsp3) is 0.0556. The molecule has 0 fully saturated rings. The number of anilines is 2. The predicted molar refractivity (Wildman–Crippen MR) is 83.1 cm³/mol. The van der Waals surface area contributed by atoms with Crippen molar-refractivity contribution in [3.05, 3.63) is 71.8 Å². The summed E-state index contributed by atoms with van der Waals surface area (Å²) in [5.74, 6) is 0. The van der Waals surface area contributed by atoms with Gasteiger partial charge in [0.25, 0.3) is 0 Å². The Kier molecular flexibility index (Phi) is 3.10. The molecule has 0 saturated carbocycles. The van der Waals surface area contributed by atoms with E-state index in [0.29, 0.717) is 5.56 Å². The molecule has 0 saturated heterocycles. The van der Waals surface area contributed by atoms with Gasteiger partial charge >= 0.3 is 0 Å². The van der Waals surface area contributed by atoms with E-state index in [4.69, 9.17) is 0 Å². The summed E-state index contributed by atoms with van der Waals surface area (Å²) in [5, 5.41) is 14.9. The molecule has 0 heterocycles. The molecule has 1 N–H and O–H groups in total. The quantitative estimate of drug-likeness (QED) is 0.719. The first-order valence-electron chi connectivity index (χ1n) is 6.53. The van der Waals surface area contributed by atoms with Crippen LogP contribution in [0.3, 0.4) is 0 Å². The van der Waals surface area contributed by atoms with Gasteiger partial charge in [-0.15, -0.1) is 0 Å². The van der Waals surface area contributed by atoms with Gasteiger partial charge in [0, 0.05) is 5.69 Å². The molecule has 3 aromatic carbocycles. The third-order valence-corrected chi connectivity index (χ3v) is 3.32. The molecule has 0 aliphatic carbocycles. The number of aryl methyl sites for hydroxylation is 1. The Morgan fingerprint density at radius 2 is 1.70 bits per heavy atom. The number of nitrogens with zero attached hydrogens (tertiary/aromatic N) is 1. The van der Waals surface area contributed by atoms with Gasteiger partial charge < -0.3 is 5.32 Å². The third-order valence-electron chi connectivity index (χ3n) is 3.32. The van der Waals surface area contributed by atoms with E-state index in [0.717, 1.165) is 16.9 Å². The van der Waals surface area contributed by atoms with Gasteiger partial charge in [0.1, 0.15) is 6.07 Å². The molecule has 0 spiro atoms. The SMILES string of the molecule is Cc1ccc(Nc2ccc3ccccc3c2)c(C#N)c1. The molecular formula is C18H14N2. The number of fused-ring (bicyclic) bond motifs is 1. The summed E-state index contributed by atoms with van der Waals surface area (Å²) >= 11 is 0. The van der Waals surface area contributed by atoms with Crippen LogP contribution in [0.1, 0.15) is 11.1 Å². The number of hydrogen-bond acceptors (Lipinski definition) is 2. The lowest BCUT2D eigenvalue weighted by atomic mass is 10.1. The summed E-state index contributed by atoms with van der Waals surface area (Å²) in [7, 11) is 0. The smallest absolute Gasteiger partial charge is 0.101 e. The first-order valence-corrected chi connectivity index (χ1v) is 6.53. The minimum absolute atomic E-state index is 0.665. The fourth-order valence-electron chi connectivity index (χ4n) is 2.28. The zero-order valence-electron chi connectivity index (χ0n) is 11.2. The Balaban J connectivity index is 1.99. The van der Waals surface area contributed by atoms with Crippen molar-refractivity contribution in [1.29, 1.82) is 5.26 Å². The zero-order chi connectivity index (χ0) is 13.9. The molecule has 3 aromatic rings. The van der Waals surface area contributed by atoms with Crippen molar-refractivity contribution in [3.8, 4) is 6.07 Å². The van der Waals surface area contributed by atoms with Gasteiger partial charge in [-0.25, -0.2) is 0 Å². The lowest BCUT2D eigenvalue weighted by Crippen LogP contribution is -1.94. The maximum Gasteiger partial charge on any atom is 0.101 e. The maximum absolute atomic E-state index is 9.20. The van der Waals surface area contributed by atoms with Crippen molar-refractivity contribution in [3.63, 3.8) is 0 Å². The normalized spacial score (nSPS) is 10.2. The van der Waals surface area contributed by atoms with Crippen LogP contribution in [0, 0.1) is 18.3 Å². The molecule has 0 aromatic heterocycles. The molecule has 0 amide bonds. The van der Waals surface area contributed by atoms with Crippen molar-refractivity contribution in [2.45, 2.75) is 6.92 Å². The molecule has 0 atom stereocenters. The molecule has 0 aliphatic heterocycles. The zero-order valence-corrected chi connectivity index (χ0v) is 11.2. The van der Waals surface area contributed by atoms with Crippen molar-refractivity contribution < 1.29 is 0 Å². The number of hydrogen-bond donors (Lipinski definition) is 1. The van der Waals surface area contributed by atoms with Crippen LogP contribution in [0.4, 0.5) is 11.4 Å². The highest BCUT2D eigenvalue weighted by atomic mass is 14.9. The van der Waals surface area contributed by atoms with Gasteiger partial charge in [-0.3, -0.25) is 0 Å². The van der Waals surface area contributed by atoms with Gasteiger partial charge in [0.05, 0.1) is 11.3 Å². The Labute approximate surface area is 118 Å². The summed E-state index contributed by atoms with van der Waals surface area (Å²) in [6.45, 7) is 1.99. The number of rotatable bonds is 2. The Morgan fingerprint density at radius 3 is 2.50 bits per heavy atom. The molecule has 0 radical (unpaired) electrons. The Morgan fingerprint density at radius 1 is 0.900 bits per heavy atom. The van der Waals surface area contributed by atoms with Gasteiger partial charge in [-0.2, -0.15) is 5.26 Å². The van der Waals surface area contributed by atoms with Crippen LogP contribution in [0.15, 0.2) is 60.7 Å². The second kappa shape index (κ2) is 5.07. The summed E-state index contributed by atoms with van der Waals surface area (Å²) in [4.78, 5) is 0. The summed E-state index contributed by atoms with van der Waals surface area (Å²) in [6, 6.07) is 22.5. The molecular weight excluding hydrogens is 244 g/mol. The van der Waals surface area contributed by atoms with Crippen LogP contribution >= 0.6 is 0 Å². The van der Waals surface area contributed by atoms with Gasteiger partial charge in [-0.05, 0) is 47.5 Å². The third kappa shape index (κ3) is 2.34. The van der Waals surface area contributed by atoms with Crippen LogP contribution in [-0.2, 0) is 0 Å². The van der Waals surface area contributed by atoms with E-state index in [-0.39, 0.29) is 0 Å². The van der Waals surface area contributed by atoms with Crippen LogP contribution in [0.2, 0.25) is 0 Å². The second-order valence-corrected chi connectivity index (χ2v) is 4.85. The van der Waals surface area contributed by atoms with Gasteiger partial charge in [0.2, 0.25) is 0 Å². The average molecular weight is 258 g/mol. The summed E-state index contributed by atoms with van der Waals surface area (Å²) in [6.07, 6.45) is 0. The predicted octanol–water partition coefficient (Wildman–Crippen LogP) is 4.76.